The molecule has 0 radical (unpaired) electrons. The zero-order valence-electron chi connectivity index (χ0n) is 12.8. The van der Waals surface area contributed by atoms with Gasteiger partial charge in [0.05, 0.1) is 6.54 Å². The number of nitrogens with one attached hydrogen (secondary N) is 1. The Labute approximate surface area is 135 Å². The standard InChI is InChI=1S/C18H19ClN2O/c1-12-7-8-15(19)10-16(12)20-18(22)11-21-13(2)9-14-5-3-4-6-17(14)21/h3-8,10,13H,9,11H2,1-2H3,(H,20,22). The van der Waals surface area contributed by atoms with Crippen molar-refractivity contribution in [3.05, 3.63) is 58.6 Å². The van der Waals surface area contributed by atoms with Crippen LogP contribution in [0.25, 0.3) is 0 Å². The highest BCUT2D eigenvalue weighted by Gasteiger charge is 2.27. The molecule has 0 bridgehead atoms. The molecule has 0 saturated carbocycles. The Morgan fingerprint density at radius 3 is 2.91 bits per heavy atom. The third-order valence-corrected chi connectivity index (χ3v) is 4.37. The number of para-hydroxylation sites is 1. The monoisotopic (exact) mass is 314 g/mol. The fraction of sp³-hybridized carbons (Fsp3) is 0.278. The van der Waals surface area contributed by atoms with Crippen molar-refractivity contribution in [1.29, 1.82) is 0 Å². The summed E-state index contributed by atoms with van der Waals surface area (Å²) in [4.78, 5) is 14.5. The van der Waals surface area contributed by atoms with E-state index in [4.69, 9.17) is 11.6 Å². The molecule has 1 aliphatic rings. The summed E-state index contributed by atoms with van der Waals surface area (Å²) in [5.41, 5.74) is 4.25. The summed E-state index contributed by atoms with van der Waals surface area (Å²) < 4.78 is 0. The smallest absolute Gasteiger partial charge is 0.243 e. The first-order valence-electron chi connectivity index (χ1n) is 7.45. The maximum absolute atomic E-state index is 12.4. The Balaban J connectivity index is 1.73. The summed E-state index contributed by atoms with van der Waals surface area (Å²) >= 11 is 6.00. The molecule has 4 heteroatoms. The van der Waals surface area contributed by atoms with Crippen LogP contribution >= 0.6 is 11.6 Å². The number of benzene rings is 2. The van der Waals surface area contributed by atoms with E-state index >= 15 is 0 Å². The first kappa shape index (κ1) is 14.9. The lowest BCUT2D eigenvalue weighted by Gasteiger charge is -2.24. The van der Waals surface area contributed by atoms with Crippen LogP contribution in [0.2, 0.25) is 5.02 Å². The number of anilines is 2. The van der Waals surface area contributed by atoms with Crippen LogP contribution in [0.4, 0.5) is 11.4 Å². The first-order valence-corrected chi connectivity index (χ1v) is 7.83. The van der Waals surface area contributed by atoms with E-state index in [2.05, 4.69) is 29.3 Å². The molecule has 1 aliphatic heterocycles. The molecule has 3 rings (SSSR count). The van der Waals surface area contributed by atoms with Crippen LogP contribution in [0.1, 0.15) is 18.1 Å². The van der Waals surface area contributed by atoms with Gasteiger partial charge in [-0.25, -0.2) is 0 Å². The summed E-state index contributed by atoms with van der Waals surface area (Å²) in [5.74, 6) is -0.0195. The number of amides is 1. The van der Waals surface area contributed by atoms with Gasteiger partial charge >= 0.3 is 0 Å². The number of rotatable bonds is 3. The van der Waals surface area contributed by atoms with Gasteiger partial charge < -0.3 is 10.2 Å². The topological polar surface area (TPSA) is 32.3 Å². The molecule has 0 saturated heterocycles. The number of nitrogens with zero attached hydrogens (tertiary/aromatic N) is 1. The lowest BCUT2D eigenvalue weighted by atomic mass is 10.1. The average molecular weight is 315 g/mol. The molecule has 0 fully saturated rings. The van der Waals surface area contributed by atoms with Crippen LogP contribution in [0.5, 0.6) is 0 Å². The van der Waals surface area contributed by atoms with Gasteiger partial charge in [0.2, 0.25) is 5.91 Å². The Kier molecular flexibility index (Phi) is 4.08. The minimum absolute atomic E-state index is 0.0195. The molecule has 0 spiro atoms. The van der Waals surface area contributed by atoms with E-state index in [-0.39, 0.29) is 5.91 Å². The van der Waals surface area contributed by atoms with Gasteiger partial charge in [-0.15, -0.1) is 0 Å². The zero-order chi connectivity index (χ0) is 15.7. The van der Waals surface area contributed by atoms with Gasteiger partial charge in [0, 0.05) is 22.4 Å². The summed E-state index contributed by atoms with van der Waals surface area (Å²) in [5, 5.41) is 3.59. The number of hydrogen-bond acceptors (Lipinski definition) is 2. The largest absolute Gasteiger partial charge is 0.359 e. The summed E-state index contributed by atoms with van der Waals surface area (Å²) in [6.07, 6.45) is 0.986. The molecule has 1 atom stereocenters. The Bertz CT molecular complexity index is 714. The highest BCUT2D eigenvalue weighted by molar-refractivity contribution is 6.31. The predicted octanol–water partition coefficient (Wildman–Crippen LogP) is 4.04. The molecule has 1 unspecified atom stereocenters. The van der Waals surface area contributed by atoms with E-state index < -0.39 is 0 Å². The van der Waals surface area contributed by atoms with Crippen molar-refractivity contribution < 1.29 is 4.79 Å². The molecule has 1 amide bonds. The Hall–Kier alpha value is -2.00. The Morgan fingerprint density at radius 1 is 1.32 bits per heavy atom. The van der Waals surface area contributed by atoms with Crippen molar-refractivity contribution in [3.8, 4) is 0 Å². The van der Waals surface area contributed by atoms with Crippen LogP contribution in [0.15, 0.2) is 42.5 Å². The van der Waals surface area contributed by atoms with Crippen LogP contribution < -0.4 is 10.2 Å². The molecule has 0 aliphatic carbocycles. The second-order valence-electron chi connectivity index (χ2n) is 5.82. The fourth-order valence-corrected chi connectivity index (χ4v) is 3.12. The lowest BCUT2D eigenvalue weighted by molar-refractivity contribution is -0.115. The Morgan fingerprint density at radius 2 is 2.09 bits per heavy atom. The van der Waals surface area contributed by atoms with Crippen LogP contribution in [0, 0.1) is 6.92 Å². The van der Waals surface area contributed by atoms with Crippen LogP contribution in [-0.4, -0.2) is 18.5 Å². The van der Waals surface area contributed by atoms with Crippen LogP contribution in [0.3, 0.4) is 0 Å². The van der Waals surface area contributed by atoms with E-state index in [1.165, 1.54) is 5.56 Å². The van der Waals surface area contributed by atoms with E-state index in [1.807, 2.05) is 31.2 Å². The van der Waals surface area contributed by atoms with Crippen molar-refractivity contribution in [2.45, 2.75) is 26.3 Å². The third-order valence-electron chi connectivity index (χ3n) is 4.14. The van der Waals surface area contributed by atoms with Gasteiger partial charge in [-0.05, 0) is 49.6 Å². The van der Waals surface area contributed by atoms with Crippen LogP contribution in [-0.2, 0) is 11.2 Å². The van der Waals surface area contributed by atoms with E-state index in [1.54, 1.807) is 6.07 Å². The average Bonchev–Trinajstić information content (AvgIpc) is 2.79. The maximum atomic E-state index is 12.4. The number of carbonyl (C=O) groups is 1. The highest BCUT2D eigenvalue weighted by Crippen LogP contribution is 2.31. The van der Waals surface area contributed by atoms with Crippen molar-refractivity contribution in [2.24, 2.45) is 0 Å². The lowest BCUT2D eigenvalue weighted by Crippen LogP contribution is -2.37. The number of halogens is 1. The van der Waals surface area contributed by atoms with Gasteiger partial charge in [-0.2, -0.15) is 0 Å². The van der Waals surface area contributed by atoms with Crippen molar-refractivity contribution in [1.82, 2.24) is 0 Å². The van der Waals surface area contributed by atoms with E-state index in [0.717, 1.165) is 23.4 Å². The predicted molar refractivity (Wildman–Crippen MR) is 91.8 cm³/mol. The molecule has 2 aromatic carbocycles. The molecular formula is C18H19ClN2O. The molecule has 3 nitrogen and oxygen atoms in total. The van der Waals surface area contributed by atoms with E-state index in [9.17, 15) is 4.79 Å². The molecule has 1 heterocycles. The molecule has 22 heavy (non-hydrogen) atoms. The normalized spacial score (nSPS) is 16.5. The zero-order valence-corrected chi connectivity index (χ0v) is 13.5. The van der Waals surface area contributed by atoms with Gasteiger partial charge in [0.15, 0.2) is 0 Å². The number of fused-ring (bicyclic) bond motifs is 1. The second-order valence-corrected chi connectivity index (χ2v) is 6.25. The third kappa shape index (κ3) is 2.95. The van der Waals surface area contributed by atoms with Gasteiger partial charge in [-0.3, -0.25) is 4.79 Å². The number of carbonyl (C=O) groups excluding carboxylic acids is 1. The molecule has 114 valence electrons. The van der Waals surface area contributed by atoms with Crippen molar-refractivity contribution in [2.75, 3.05) is 16.8 Å². The van der Waals surface area contributed by atoms with Gasteiger partial charge in [-0.1, -0.05) is 35.9 Å². The summed E-state index contributed by atoms with van der Waals surface area (Å²) in [7, 11) is 0. The molecular weight excluding hydrogens is 296 g/mol. The number of hydrogen-bond donors (Lipinski definition) is 1. The maximum Gasteiger partial charge on any atom is 0.243 e. The second kappa shape index (κ2) is 6.01. The van der Waals surface area contributed by atoms with Gasteiger partial charge in [0.25, 0.3) is 0 Å². The quantitative estimate of drug-likeness (QED) is 0.927. The summed E-state index contributed by atoms with van der Waals surface area (Å²) in [6.45, 7) is 4.46. The fourth-order valence-electron chi connectivity index (χ4n) is 2.94. The van der Waals surface area contributed by atoms with Crippen molar-refractivity contribution in [3.63, 3.8) is 0 Å². The SMILES string of the molecule is Cc1ccc(Cl)cc1NC(=O)CN1c2ccccc2CC1C. The van der Waals surface area contributed by atoms with E-state index in [0.29, 0.717) is 17.6 Å². The first-order chi connectivity index (χ1) is 10.5. The molecule has 0 aromatic heterocycles. The highest BCUT2D eigenvalue weighted by atomic mass is 35.5. The van der Waals surface area contributed by atoms with Gasteiger partial charge in [0.1, 0.15) is 0 Å². The molecule has 1 N–H and O–H groups in total. The summed E-state index contributed by atoms with van der Waals surface area (Å²) in [6, 6.07) is 14.1. The number of aryl methyl sites for hydroxylation is 1. The minimum Gasteiger partial charge on any atom is -0.359 e. The molecule has 2 aromatic rings. The van der Waals surface area contributed by atoms with Crippen molar-refractivity contribution >= 4 is 28.9 Å². The minimum atomic E-state index is -0.0195.